The topological polar surface area (TPSA) is 45.9 Å². The standard InChI is InChI=1S/C25H26N2OS/c1-2-3-4-5-11-16-28-24-15-10-9-14-21(24)17-22(18-26)25-27-23(19-29-25)20-12-7-6-8-13-20/h6-10,12-15,17,19H,2-5,11,16H2,1H3/b22-17-. The van der Waals surface area contributed by atoms with Crippen molar-refractivity contribution >= 4 is 23.0 Å². The summed E-state index contributed by atoms with van der Waals surface area (Å²) in [4.78, 5) is 4.67. The van der Waals surface area contributed by atoms with Crippen LogP contribution in [-0.4, -0.2) is 11.6 Å². The molecule has 0 bridgehead atoms. The fourth-order valence-corrected chi connectivity index (χ4v) is 3.85. The lowest BCUT2D eigenvalue weighted by molar-refractivity contribution is 0.304. The van der Waals surface area contributed by atoms with E-state index in [0.717, 1.165) is 34.0 Å². The molecule has 0 unspecified atom stereocenters. The summed E-state index contributed by atoms with van der Waals surface area (Å²) in [6.45, 7) is 2.92. The van der Waals surface area contributed by atoms with Crippen molar-refractivity contribution in [1.29, 1.82) is 5.26 Å². The van der Waals surface area contributed by atoms with E-state index in [-0.39, 0.29) is 0 Å². The average Bonchev–Trinajstić information content (AvgIpc) is 3.26. The Labute approximate surface area is 177 Å². The quantitative estimate of drug-likeness (QED) is 0.265. The van der Waals surface area contributed by atoms with Crippen LogP contribution >= 0.6 is 11.3 Å². The number of hydrogen-bond donors (Lipinski definition) is 0. The molecular formula is C25H26N2OS. The fraction of sp³-hybridized carbons (Fsp3) is 0.280. The molecule has 1 heterocycles. The molecule has 3 nitrogen and oxygen atoms in total. The molecule has 3 rings (SSSR count). The summed E-state index contributed by atoms with van der Waals surface area (Å²) in [5.41, 5.74) is 3.41. The Balaban J connectivity index is 1.73. The number of aromatic nitrogens is 1. The first-order chi connectivity index (χ1) is 14.3. The van der Waals surface area contributed by atoms with Crippen LogP contribution in [0.15, 0.2) is 60.0 Å². The van der Waals surface area contributed by atoms with Crippen LogP contribution in [0.4, 0.5) is 0 Å². The Kier molecular flexibility index (Phi) is 8.03. The van der Waals surface area contributed by atoms with E-state index in [1.165, 1.54) is 37.0 Å². The van der Waals surface area contributed by atoms with Gasteiger partial charge in [0.05, 0.1) is 17.9 Å². The van der Waals surface area contributed by atoms with Gasteiger partial charge in [-0.25, -0.2) is 4.98 Å². The van der Waals surface area contributed by atoms with E-state index in [1.807, 2.05) is 66.1 Å². The zero-order valence-corrected chi connectivity index (χ0v) is 17.6. The minimum Gasteiger partial charge on any atom is -0.493 e. The molecule has 0 atom stereocenters. The summed E-state index contributed by atoms with van der Waals surface area (Å²) < 4.78 is 6.00. The third-order valence-electron chi connectivity index (χ3n) is 4.65. The number of ether oxygens (including phenoxy) is 1. The molecule has 2 aromatic carbocycles. The van der Waals surface area contributed by atoms with Crippen LogP contribution in [-0.2, 0) is 0 Å². The molecule has 4 heteroatoms. The summed E-state index contributed by atoms with van der Waals surface area (Å²) in [7, 11) is 0. The molecule has 3 aromatic rings. The number of nitrogens with zero attached hydrogens (tertiary/aromatic N) is 2. The van der Waals surface area contributed by atoms with Crippen molar-refractivity contribution in [3.63, 3.8) is 0 Å². The molecule has 0 amide bonds. The predicted molar refractivity (Wildman–Crippen MR) is 122 cm³/mol. The zero-order valence-electron chi connectivity index (χ0n) is 16.8. The van der Waals surface area contributed by atoms with Crippen molar-refractivity contribution < 1.29 is 4.74 Å². The molecule has 0 aliphatic heterocycles. The van der Waals surface area contributed by atoms with Crippen molar-refractivity contribution in [2.45, 2.75) is 39.0 Å². The maximum absolute atomic E-state index is 9.72. The first kappa shape index (κ1) is 20.8. The maximum atomic E-state index is 9.72. The Morgan fingerprint density at radius 3 is 2.59 bits per heavy atom. The fourth-order valence-electron chi connectivity index (χ4n) is 3.06. The molecule has 148 valence electrons. The second-order valence-corrected chi connectivity index (χ2v) is 7.73. The van der Waals surface area contributed by atoms with Gasteiger partial charge in [-0.15, -0.1) is 11.3 Å². The van der Waals surface area contributed by atoms with E-state index in [9.17, 15) is 5.26 Å². The SMILES string of the molecule is CCCCCCCOc1ccccc1/C=C(/C#N)c1nc(-c2ccccc2)cs1. The summed E-state index contributed by atoms with van der Waals surface area (Å²) in [5.74, 6) is 0.815. The second kappa shape index (κ2) is 11.2. The van der Waals surface area contributed by atoms with Gasteiger partial charge < -0.3 is 4.74 Å². The van der Waals surface area contributed by atoms with Gasteiger partial charge in [0, 0.05) is 16.5 Å². The third kappa shape index (κ3) is 6.04. The second-order valence-electron chi connectivity index (χ2n) is 6.87. The molecule has 0 radical (unpaired) electrons. The number of unbranched alkanes of at least 4 members (excludes halogenated alkanes) is 4. The van der Waals surface area contributed by atoms with E-state index in [4.69, 9.17) is 4.74 Å². The van der Waals surface area contributed by atoms with E-state index in [2.05, 4.69) is 18.0 Å². The minimum atomic E-state index is 0.552. The van der Waals surface area contributed by atoms with Gasteiger partial charge in [-0.05, 0) is 18.6 Å². The van der Waals surface area contributed by atoms with E-state index < -0.39 is 0 Å². The van der Waals surface area contributed by atoms with E-state index in [0.29, 0.717) is 12.2 Å². The lowest BCUT2D eigenvalue weighted by Crippen LogP contribution is -1.99. The Morgan fingerprint density at radius 1 is 1.03 bits per heavy atom. The van der Waals surface area contributed by atoms with Crippen LogP contribution < -0.4 is 4.74 Å². The number of para-hydroxylation sites is 1. The molecule has 0 saturated heterocycles. The van der Waals surface area contributed by atoms with Gasteiger partial charge in [0.25, 0.3) is 0 Å². The molecule has 0 aliphatic carbocycles. The summed E-state index contributed by atoms with van der Waals surface area (Å²) in [5, 5.41) is 12.4. The van der Waals surface area contributed by atoms with Gasteiger partial charge >= 0.3 is 0 Å². The third-order valence-corrected chi connectivity index (χ3v) is 5.52. The van der Waals surface area contributed by atoms with Crippen LogP contribution in [0.1, 0.15) is 49.6 Å². The molecule has 0 spiro atoms. The number of benzene rings is 2. The van der Waals surface area contributed by atoms with Gasteiger partial charge in [-0.1, -0.05) is 81.1 Å². The number of rotatable bonds is 10. The lowest BCUT2D eigenvalue weighted by atomic mass is 10.1. The van der Waals surface area contributed by atoms with Crippen molar-refractivity contribution in [3.8, 4) is 23.1 Å². The summed E-state index contributed by atoms with van der Waals surface area (Å²) in [6, 6.07) is 20.2. The predicted octanol–water partition coefficient (Wildman–Crippen LogP) is 7.22. The summed E-state index contributed by atoms with van der Waals surface area (Å²) in [6.07, 6.45) is 7.90. The van der Waals surface area contributed by atoms with Crippen LogP contribution in [0, 0.1) is 11.3 Å². The largest absolute Gasteiger partial charge is 0.493 e. The highest BCUT2D eigenvalue weighted by molar-refractivity contribution is 7.11. The first-order valence-electron chi connectivity index (χ1n) is 10.2. The molecule has 0 aliphatic rings. The highest BCUT2D eigenvalue weighted by atomic mass is 32.1. The van der Waals surface area contributed by atoms with Crippen LogP contribution in [0.2, 0.25) is 0 Å². The lowest BCUT2D eigenvalue weighted by Gasteiger charge is -2.09. The van der Waals surface area contributed by atoms with Crippen molar-refractivity contribution in [1.82, 2.24) is 4.98 Å². The highest BCUT2D eigenvalue weighted by Gasteiger charge is 2.10. The van der Waals surface area contributed by atoms with Crippen molar-refractivity contribution in [2.24, 2.45) is 0 Å². The van der Waals surface area contributed by atoms with Gasteiger partial charge in [-0.3, -0.25) is 0 Å². The zero-order chi connectivity index (χ0) is 20.3. The normalized spacial score (nSPS) is 11.2. The molecule has 0 fully saturated rings. The van der Waals surface area contributed by atoms with Crippen LogP contribution in [0.25, 0.3) is 22.9 Å². The number of thiazole rings is 1. The summed E-state index contributed by atoms with van der Waals surface area (Å²) >= 11 is 1.49. The maximum Gasteiger partial charge on any atom is 0.134 e. The average molecular weight is 403 g/mol. The van der Waals surface area contributed by atoms with Crippen molar-refractivity contribution in [3.05, 3.63) is 70.5 Å². The molecule has 0 saturated carbocycles. The van der Waals surface area contributed by atoms with Gasteiger partial charge in [0.1, 0.15) is 16.8 Å². The smallest absolute Gasteiger partial charge is 0.134 e. The van der Waals surface area contributed by atoms with Gasteiger partial charge in [0.15, 0.2) is 0 Å². The Bertz CT molecular complexity index is 970. The number of hydrogen-bond acceptors (Lipinski definition) is 4. The first-order valence-corrected chi connectivity index (χ1v) is 11.0. The van der Waals surface area contributed by atoms with Crippen LogP contribution in [0.5, 0.6) is 5.75 Å². The van der Waals surface area contributed by atoms with E-state index in [1.54, 1.807) is 0 Å². The van der Waals surface area contributed by atoms with E-state index >= 15 is 0 Å². The Morgan fingerprint density at radius 2 is 1.79 bits per heavy atom. The molecule has 29 heavy (non-hydrogen) atoms. The number of allylic oxidation sites excluding steroid dienone is 1. The van der Waals surface area contributed by atoms with Crippen LogP contribution in [0.3, 0.4) is 0 Å². The monoisotopic (exact) mass is 402 g/mol. The highest BCUT2D eigenvalue weighted by Crippen LogP contribution is 2.29. The van der Waals surface area contributed by atoms with Gasteiger partial charge in [0.2, 0.25) is 0 Å². The molecular weight excluding hydrogens is 376 g/mol. The van der Waals surface area contributed by atoms with Gasteiger partial charge in [-0.2, -0.15) is 5.26 Å². The Hall–Kier alpha value is -2.90. The molecule has 1 aromatic heterocycles. The molecule has 0 N–H and O–H groups in total. The van der Waals surface area contributed by atoms with Crippen molar-refractivity contribution in [2.75, 3.05) is 6.61 Å². The number of nitriles is 1. The minimum absolute atomic E-state index is 0.552.